The van der Waals surface area contributed by atoms with Gasteiger partial charge >= 0.3 is 0 Å². The zero-order chi connectivity index (χ0) is 13.7. The summed E-state index contributed by atoms with van der Waals surface area (Å²) in [5, 5.41) is 0.497. The average Bonchev–Trinajstić information content (AvgIpc) is 2.42. The number of rotatable bonds is 4. The van der Waals surface area contributed by atoms with Crippen LogP contribution < -0.4 is 5.48 Å². The molecule has 2 aromatic carbocycles. The monoisotopic (exact) mass is 339 g/mol. The first-order valence-corrected chi connectivity index (χ1v) is 6.75. The first-order valence-electron chi connectivity index (χ1n) is 5.58. The Balaban J connectivity index is 1.93. The third-order valence-electron chi connectivity index (χ3n) is 2.42. The number of benzene rings is 2. The standard InChI is InChI=1S/C14H11BrClNO2/c15-13-7-6-11(16)8-12(13)14(18)17-19-9-10-4-2-1-3-5-10/h1-8H,9H2,(H,17,18). The van der Waals surface area contributed by atoms with Crippen molar-refractivity contribution in [3.8, 4) is 0 Å². The Kier molecular flexibility index (Phi) is 4.96. The maximum atomic E-state index is 11.9. The van der Waals surface area contributed by atoms with Gasteiger partial charge in [0, 0.05) is 9.50 Å². The molecule has 0 aromatic heterocycles. The number of carbonyl (C=O) groups excluding carboxylic acids is 1. The van der Waals surface area contributed by atoms with Gasteiger partial charge in [0.15, 0.2) is 0 Å². The van der Waals surface area contributed by atoms with Crippen LogP contribution in [0.4, 0.5) is 0 Å². The van der Waals surface area contributed by atoms with Gasteiger partial charge in [-0.25, -0.2) is 5.48 Å². The highest BCUT2D eigenvalue weighted by atomic mass is 79.9. The molecule has 2 aromatic rings. The van der Waals surface area contributed by atoms with E-state index in [0.29, 0.717) is 21.7 Å². The highest BCUT2D eigenvalue weighted by molar-refractivity contribution is 9.10. The van der Waals surface area contributed by atoms with Gasteiger partial charge < -0.3 is 0 Å². The predicted octanol–water partition coefficient (Wildman–Crippen LogP) is 3.96. The third kappa shape index (κ3) is 4.06. The van der Waals surface area contributed by atoms with Crippen LogP contribution in [-0.4, -0.2) is 5.91 Å². The van der Waals surface area contributed by atoms with E-state index in [2.05, 4.69) is 21.4 Å². The maximum Gasteiger partial charge on any atom is 0.276 e. The molecule has 0 saturated carbocycles. The smallest absolute Gasteiger partial charge is 0.269 e. The van der Waals surface area contributed by atoms with Crippen molar-refractivity contribution < 1.29 is 9.63 Å². The fraction of sp³-hybridized carbons (Fsp3) is 0.0714. The maximum absolute atomic E-state index is 11.9. The number of carbonyl (C=O) groups is 1. The number of nitrogens with one attached hydrogen (secondary N) is 1. The van der Waals surface area contributed by atoms with Crippen molar-refractivity contribution in [3.63, 3.8) is 0 Å². The minimum atomic E-state index is -0.342. The highest BCUT2D eigenvalue weighted by Gasteiger charge is 2.10. The van der Waals surface area contributed by atoms with Gasteiger partial charge in [0.2, 0.25) is 0 Å². The molecule has 0 heterocycles. The molecule has 0 aliphatic heterocycles. The normalized spacial score (nSPS) is 10.2. The van der Waals surface area contributed by atoms with Crippen molar-refractivity contribution in [2.24, 2.45) is 0 Å². The van der Waals surface area contributed by atoms with Crippen LogP contribution in [0, 0.1) is 0 Å². The van der Waals surface area contributed by atoms with E-state index in [0.717, 1.165) is 5.56 Å². The van der Waals surface area contributed by atoms with Gasteiger partial charge in [-0.1, -0.05) is 41.9 Å². The number of hydroxylamine groups is 1. The van der Waals surface area contributed by atoms with E-state index in [4.69, 9.17) is 16.4 Å². The predicted molar refractivity (Wildman–Crippen MR) is 77.8 cm³/mol. The number of halogens is 2. The molecule has 0 atom stereocenters. The van der Waals surface area contributed by atoms with Crippen LogP contribution in [0.5, 0.6) is 0 Å². The lowest BCUT2D eigenvalue weighted by molar-refractivity contribution is 0.0233. The first-order chi connectivity index (χ1) is 9.16. The molecule has 0 aliphatic rings. The van der Waals surface area contributed by atoms with Crippen molar-refractivity contribution in [2.45, 2.75) is 6.61 Å². The van der Waals surface area contributed by atoms with Crippen LogP contribution in [0.3, 0.4) is 0 Å². The summed E-state index contributed by atoms with van der Waals surface area (Å²) in [6, 6.07) is 14.6. The summed E-state index contributed by atoms with van der Waals surface area (Å²) in [6.07, 6.45) is 0. The van der Waals surface area contributed by atoms with Gasteiger partial charge in [0.05, 0.1) is 12.2 Å². The van der Waals surface area contributed by atoms with Crippen molar-refractivity contribution in [2.75, 3.05) is 0 Å². The summed E-state index contributed by atoms with van der Waals surface area (Å²) in [7, 11) is 0. The van der Waals surface area contributed by atoms with Crippen molar-refractivity contribution in [1.82, 2.24) is 5.48 Å². The topological polar surface area (TPSA) is 38.3 Å². The number of amides is 1. The molecular formula is C14H11BrClNO2. The van der Waals surface area contributed by atoms with Crippen molar-refractivity contribution >= 4 is 33.4 Å². The molecule has 0 spiro atoms. The second-order valence-corrected chi connectivity index (χ2v) is 5.12. The summed E-state index contributed by atoms with van der Waals surface area (Å²) >= 11 is 9.14. The molecule has 1 N–H and O–H groups in total. The zero-order valence-electron chi connectivity index (χ0n) is 9.90. The molecule has 0 unspecified atom stereocenters. The molecule has 0 fully saturated rings. The lowest BCUT2D eigenvalue weighted by Gasteiger charge is -2.07. The van der Waals surface area contributed by atoms with Crippen LogP contribution >= 0.6 is 27.5 Å². The Morgan fingerprint density at radius 1 is 1.21 bits per heavy atom. The van der Waals surface area contributed by atoms with E-state index in [-0.39, 0.29) is 5.91 Å². The fourth-order valence-corrected chi connectivity index (χ4v) is 2.08. The summed E-state index contributed by atoms with van der Waals surface area (Å²) in [6.45, 7) is 0.310. The Hall–Kier alpha value is -1.36. The minimum absolute atomic E-state index is 0.310. The lowest BCUT2D eigenvalue weighted by atomic mass is 10.2. The van der Waals surface area contributed by atoms with Crippen molar-refractivity contribution in [1.29, 1.82) is 0 Å². The van der Waals surface area contributed by atoms with Crippen molar-refractivity contribution in [3.05, 3.63) is 69.2 Å². The SMILES string of the molecule is O=C(NOCc1ccccc1)c1cc(Cl)ccc1Br. The third-order valence-corrected chi connectivity index (χ3v) is 3.35. The molecule has 0 saturated heterocycles. The quantitative estimate of drug-likeness (QED) is 0.856. The van der Waals surface area contributed by atoms with Crippen LogP contribution in [-0.2, 0) is 11.4 Å². The van der Waals surface area contributed by atoms with E-state index < -0.39 is 0 Å². The molecule has 19 heavy (non-hydrogen) atoms. The summed E-state index contributed by atoms with van der Waals surface area (Å²) < 4.78 is 0.665. The number of hydrogen-bond acceptors (Lipinski definition) is 2. The Morgan fingerprint density at radius 2 is 1.95 bits per heavy atom. The largest absolute Gasteiger partial charge is 0.276 e. The van der Waals surface area contributed by atoms with Gasteiger partial charge in [-0.05, 0) is 39.7 Å². The molecule has 0 aliphatic carbocycles. The molecular weight excluding hydrogens is 330 g/mol. The molecule has 5 heteroatoms. The van der Waals surface area contributed by atoms with Gasteiger partial charge in [0.25, 0.3) is 5.91 Å². The molecule has 0 bridgehead atoms. The summed E-state index contributed by atoms with van der Waals surface area (Å²) in [4.78, 5) is 17.1. The van der Waals surface area contributed by atoms with E-state index >= 15 is 0 Å². The lowest BCUT2D eigenvalue weighted by Crippen LogP contribution is -2.23. The number of hydrogen-bond donors (Lipinski definition) is 1. The van der Waals surface area contributed by atoms with Crippen LogP contribution in [0.25, 0.3) is 0 Å². The Bertz CT molecular complexity index is 575. The summed E-state index contributed by atoms with van der Waals surface area (Å²) in [5.41, 5.74) is 3.80. The molecule has 2 rings (SSSR count). The van der Waals surface area contributed by atoms with Gasteiger partial charge in [-0.3, -0.25) is 9.63 Å². The van der Waals surface area contributed by atoms with Crippen LogP contribution in [0.15, 0.2) is 53.0 Å². The second-order valence-electron chi connectivity index (χ2n) is 3.83. The van der Waals surface area contributed by atoms with E-state index in [1.54, 1.807) is 18.2 Å². The summed E-state index contributed by atoms with van der Waals surface area (Å²) in [5.74, 6) is -0.342. The van der Waals surface area contributed by atoms with E-state index in [9.17, 15) is 4.79 Å². The van der Waals surface area contributed by atoms with Gasteiger partial charge in [-0.2, -0.15) is 0 Å². The Labute approximate surface area is 124 Å². The molecule has 1 amide bonds. The van der Waals surface area contributed by atoms with Gasteiger partial charge in [0.1, 0.15) is 0 Å². The minimum Gasteiger partial charge on any atom is -0.269 e. The van der Waals surface area contributed by atoms with Gasteiger partial charge in [-0.15, -0.1) is 0 Å². The molecule has 98 valence electrons. The van der Waals surface area contributed by atoms with Crippen LogP contribution in [0.2, 0.25) is 5.02 Å². The highest BCUT2D eigenvalue weighted by Crippen LogP contribution is 2.21. The molecule has 0 radical (unpaired) electrons. The average molecular weight is 341 g/mol. The zero-order valence-corrected chi connectivity index (χ0v) is 12.2. The Morgan fingerprint density at radius 3 is 2.68 bits per heavy atom. The first kappa shape index (κ1) is 14.1. The fourth-order valence-electron chi connectivity index (χ4n) is 1.49. The van der Waals surface area contributed by atoms with E-state index in [1.165, 1.54) is 0 Å². The van der Waals surface area contributed by atoms with Crippen LogP contribution in [0.1, 0.15) is 15.9 Å². The molecule has 3 nitrogen and oxygen atoms in total. The second kappa shape index (κ2) is 6.70. The van der Waals surface area contributed by atoms with E-state index in [1.807, 2.05) is 30.3 Å².